The van der Waals surface area contributed by atoms with Gasteiger partial charge in [-0.25, -0.2) is 13.6 Å². The molecule has 0 spiro atoms. The van der Waals surface area contributed by atoms with Gasteiger partial charge in [0.05, 0.1) is 5.69 Å². The number of anilines is 1. The zero-order chi connectivity index (χ0) is 18.6. The van der Waals surface area contributed by atoms with Gasteiger partial charge in [-0.05, 0) is 12.1 Å². The second-order valence-corrected chi connectivity index (χ2v) is 7.46. The third kappa shape index (κ3) is 4.44. The van der Waals surface area contributed by atoms with Crippen LogP contribution < -0.4 is 5.32 Å². The molecular formula is C15H22F2N4O3S. The molecule has 0 atom stereocenters. The molecule has 0 saturated carbocycles. The van der Waals surface area contributed by atoms with E-state index < -0.39 is 27.9 Å². The summed E-state index contributed by atoms with van der Waals surface area (Å²) in [5, 5.41) is 2.37. The fourth-order valence-corrected chi connectivity index (χ4v) is 4.22. The third-order valence-electron chi connectivity index (χ3n) is 4.06. The Labute approximate surface area is 146 Å². The summed E-state index contributed by atoms with van der Waals surface area (Å²) in [4.78, 5) is 13.6. The number of benzene rings is 1. The van der Waals surface area contributed by atoms with E-state index in [4.69, 9.17) is 0 Å². The molecule has 7 nitrogen and oxygen atoms in total. The van der Waals surface area contributed by atoms with Gasteiger partial charge in [-0.15, -0.1) is 0 Å². The molecule has 1 aliphatic heterocycles. The Morgan fingerprint density at radius 1 is 1.16 bits per heavy atom. The van der Waals surface area contributed by atoms with Crippen LogP contribution in [0.3, 0.4) is 0 Å². The Balaban J connectivity index is 1.96. The second-order valence-electron chi connectivity index (χ2n) is 5.53. The lowest BCUT2D eigenvalue weighted by Gasteiger charge is -2.36. The minimum Gasteiger partial charge on any atom is -0.322 e. The number of nitrogens with zero attached hydrogens (tertiary/aromatic N) is 3. The second kappa shape index (κ2) is 8.07. The lowest BCUT2D eigenvalue weighted by molar-refractivity contribution is 0.181. The number of hydrogen-bond acceptors (Lipinski definition) is 3. The maximum absolute atomic E-state index is 13.6. The van der Waals surface area contributed by atoms with Gasteiger partial charge < -0.3 is 10.2 Å². The number of nitrogens with one attached hydrogen (secondary N) is 1. The van der Waals surface area contributed by atoms with Crippen LogP contribution in [0.2, 0.25) is 0 Å². The maximum Gasteiger partial charge on any atom is 0.322 e. The molecule has 1 aromatic carbocycles. The van der Waals surface area contributed by atoms with E-state index in [1.54, 1.807) is 13.8 Å². The number of carbonyl (C=O) groups is 1. The molecule has 10 heteroatoms. The standard InChI is InChI=1S/C15H22F2N4O3S/c1-3-20(4-2)25(23,24)21-9-7-19(8-10-21)15(22)18-14-6-5-12(16)11-13(14)17/h5-6,11H,3-4,7-10H2,1-2H3,(H,18,22). The summed E-state index contributed by atoms with van der Waals surface area (Å²) < 4.78 is 54.1. The first-order chi connectivity index (χ1) is 11.8. The molecule has 1 N–H and O–H groups in total. The van der Waals surface area contributed by atoms with Gasteiger partial charge in [0.25, 0.3) is 10.2 Å². The summed E-state index contributed by atoms with van der Waals surface area (Å²) >= 11 is 0. The molecule has 1 saturated heterocycles. The van der Waals surface area contributed by atoms with Crippen molar-refractivity contribution in [1.29, 1.82) is 0 Å². The highest BCUT2D eigenvalue weighted by atomic mass is 32.2. The first kappa shape index (κ1) is 19.5. The summed E-state index contributed by atoms with van der Waals surface area (Å²) in [7, 11) is -3.54. The van der Waals surface area contributed by atoms with Crippen molar-refractivity contribution < 1.29 is 22.0 Å². The lowest BCUT2D eigenvalue weighted by Crippen LogP contribution is -2.54. The quantitative estimate of drug-likeness (QED) is 0.850. The topological polar surface area (TPSA) is 73.0 Å². The molecule has 0 radical (unpaired) electrons. The fraction of sp³-hybridized carbons (Fsp3) is 0.533. The van der Waals surface area contributed by atoms with Crippen molar-refractivity contribution in [3.8, 4) is 0 Å². The monoisotopic (exact) mass is 376 g/mol. The first-order valence-corrected chi connectivity index (χ1v) is 9.45. The number of carbonyl (C=O) groups excluding carboxylic acids is 1. The van der Waals surface area contributed by atoms with E-state index in [1.807, 2.05) is 0 Å². The molecule has 0 aliphatic carbocycles. The number of hydrogen-bond donors (Lipinski definition) is 1. The van der Waals surface area contributed by atoms with E-state index in [0.717, 1.165) is 12.1 Å². The minimum absolute atomic E-state index is 0.121. The number of piperazine rings is 1. The van der Waals surface area contributed by atoms with Crippen LogP contribution in [0.4, 0.5) is 19.3 Å². The molecule has 1 aliphatic rings. The molecule has 140 valence electrons. The Morgan fingerprint density at radius 3 is 2.28 bits per heavy atom. The van der Waals surface area contributed by atoms with Crippen LogP contribution >= 0.6 is 0 Å². The fourth-order valence-electron chi connectivity index (χ4n) is 2.62. The van der Waals surface area contributed by atoms with Crippen LogP contribution in [0.5, 0.6) is 0 Å². The third-order valence-corrected chi connectivity index (χ3v) is 6.24. The Bertz CT molecular complexity index is 717. The SMILES string of the molecule is CCN(CC)S(=O)(=O)N1CCN(C(=O)Nc2ccc(F)cc2F)CC1. The van der Waals surface area contributed by atoms with Crippen LogP contribution in [0, 0.1) is 11.6 Å². The first-order valence-electron chi connectivity index (χ1n) is 8.05. The summed E-state index contributed by atoms with van der Waals surface area (Å²) in [5.74, 6) is -1.60. The molecule has 1 fully saturated rings. The van der Waals surface area contributed by atoms with Crippen LogP contribution in [-0.2, 0) is 10.2 Å². The van der Waals surface area contributed by atoms with Crippen LogP contribution in [0.25, 0.3) is 0 Å². The molecule has 2 amide bonds. The van der Waals surface area contributed by atoms with Crippen molar-refractivity contribution in [2.24, 2.45) is 0 Å². The number of amides is 2. The molecule has 0 bridgehead atoms. The Hall–Kier alpha value is -1.78. The van der Waals surface area contributed by atoms with E-state index in [9.17, 15) is 22.0 Å². The van der Waals surface area contributed by atoms with Crippen molar-refractivity contribution in [2.45, 2.75) is 13.8 Å². The van der Waals surface area contributed by atoms with Crippen molar-refractivity contribution in [2.75, 3.05) is 44.6 Å². The summed E-state index contributed by atoms with van der Waals surface area (Å²) in [6.07, 6.45) is 0. The van der Waals surface area contributed by atoms with Gasteiger partial charge in [0.15, 0.2) is 0 Å². The largest absolute Gasteiger partial charge is 0.322 e. The molecule has 0 aromatic heterocycles. The highest BCUT2D eigenvalue weighted by molar-refractivity contribution is 7.86. The van der Waals surface area contributed by atoms with Crippen LogP contribution in [0.15, 0.2) is 18.2 Å². The van der Waals surface area contributed by atoms with Gasteiger partial charge in [0.2, 0.25) is 0 Å². The van der Waals surface area contributed by atoms with Crippen molar-refractivity contribution >= 4 is 21.9 Å². The van der Waals surface area contributed by atoms with Gasteiger partial charge in [-0.3, -0.25) is 0 Å². The average molecular weight is 376 g/mol. The lowest BCUT2D eigenvalue weighted by atomic mass is 10.3. The van der Waals surface area contributed by atoms with Crippen LogP contribution in [0.1, 0.15) is 13.8 Å². The zero-order valence-corrected chi connectivity index (χ0v) is 15.0. The minimum atomic E-state index is -3.54. The summed E-state index contributed by atoms with van der Waals surface area (Å²) in [5.41, 5.74) is -0.121. The number of urea groups is 1. The van der Waals surface area contributed by atoms with Gasteiger partial charge in [0, 0.05) is 45.3 Å². The van der Waals surface area contributed by atoms with Crippen molar-refractivity contribution in [3.05, 3.63) is 29.8 Å². The van der Waals surface area contributed by atoms with Crippen LogP contribution in [-0.4, -0.2) is 67.2 Å². The van der Waals surface area contributed by atoms with Gasteiger partial charge in [-0.1, -0.05) is 13.8 Å². The predicted octanol–water partition coefficient (Wildman–Crippen LogP) is 1.70. The molecule has 0 unspecified atom stereocenters. The van der Waals surface area contributed by atoms with Gasteiger partial charge >= 0.3 is 6.03 Å². The maximum atomic E-state index is 13.6. The highest BCUT2D eigenvalue weighted by Gasteiger charge is 2.32. The average Bonchev–Trinajstić information content (AvgIpc) is 2.58. The zero-order valence-electron chi connectivity index (χ0n) is 14.2. The molecule has 25 heavy (non-hydrogen) atoms. The van der Waals surface area contributed by atoms with E-state index >= 15 is 0 Å². The van der Waals surface area contributed by atoms with E-state index in [0.29, 0.717) is 19.2 Å². The van der Waals surface area contributed by atoms with E-state index in [-0.39, 0.29) is 31.9 Å². The number of halogens is 2. The smallest absolute Gasteiger partial charge is 0.322 e. The van der Waals surface area contributed by atoms with Gasteiger partial charge in [0.1, 0.15) is 11.6 Å². The Kier molecular flexibility index (Phi) is 6.31. The molecule has 1 heterocycles. The van der Waals surface area contributed by atoms with E-state index in [1.165, 1.54) is 13.5 Å². The summed E-state index contributed by atoms with van der Waals surface area (Å²) in [6.45, 7) is 5.00. The summed E-state index contributed by atoms with van der Waals surface area (Å²) in [6, 6.07) is 2.33. The number of rotatable bonds is 5. The normalized spacial score (nSPS) is 16.3. The van der Waals surface area contributed by atoms with Gasteiger partial charge in [-0.2, -0.15) is 17.0 Å². The Morgan fingerprint density at radius 2 is 1.76 bits per heavy atom. The predicted molar refractivity (Wildman–Crippen MR) is 90.4 cm³/mol. The van der Waals surface area contributed by atoms with Crippen molar-refractivity contribution in [1.82, 2.24) is 13.5 Å². The highest BCUT2D eigenvalue weighted by Crippen LogP contribution is 2.17. The van der Waals surface area contributed by atoms with E-state index in [2.05, 4.69) is 5.32 Å². The molecule has 2 rings (SSSR count). The molecular weight excluding hydrogens is 354 g/mol. The van der Waals surface area contributed by atoms with Crippen molar-refractivity contribution in [3.63, 3.8) is 0 Å². The molecule has 1 aromatic rings.